The van der Waals surface area contributed by atoms with Crippen molar-refractivity contribution in [2.75, 3.05) is 0 Å². The van der Waals surface area contributed by atoms with Crippen molar-refractivity contribution in [1.29, 1.82) is 0 Å². The number of furan rings is 1. The number of fused-ring (bicyclic) bond motifs is 3. The van der Waals surface area contributed by atoms with Crippen LogP contribution < -0.4 is 0 Å². The largest absolute Gasteiger partial charge is 0.438 e. The summed E-state index contributed by atoms with van der Waals surface area (Å²) in [6, 6.07) is 5.77. The van der Waals surface area contributed by atoms with Crippen LogP contribution in [0.15, 0.2) is 35.0 Å². The highest BCUT2D eigenvalue weighted by molar-refractivity contribution is 6.04. The maximum atomic E-state index is 5.58. The molecule has 68 valence electrons. The number of aryl methyl sites for hydroxylation is 1. The maximum Gasteiger partial charge on any atom is 0.227 e. The monoisotopic (exact) mass is 184 g/mol. The fraction of sp³-hybridized carbons (Fsp3) is 0.0909. The second-order valence-electron chi connectivity index (χ2n) is 3.23. The van der Waals surface area contributed by atoms with Gasteiger partial charge in [0, 0.05) is 23.5 Å². The Balaban J connectivity index is 2.65. The Morgan fingerprint density at radius 2 is 2.07 bits per heavy atom. The quantitative estimate of drug-likeness (QED) is 0.539. The maximum absolute atomic E-state index is 5.58. The molecule has 0 saturated heterocycles. The summed E-state index contributed by atoms with van der Waals surface area (Å²) >= 11 is 0. The standard InChI is InChI=1S/C11H8N2O/c1-7-10-8-3-2-5-13-11(8)14-9(10)4-6-12-7/h2-6H,1H3. The molecule has 0 aliphatic rings. The zero-order valence-electron chi connectivity index (χ0n) is 7.69. The minimum absolute atomic E-state index is 0.679. The molecule has 0 aromatic carbocycles. The number of hydrogen-bond acceptors (Lipinski definition) is 3. The number of pyridine rings is 2. The Morgan fingerprint density at radius 1 is 1.14 bits per heavy atom. The molecule has 3 rings (SSSR count). The minimum atomic E-state index is 0.679. The van der Waals surface area contributed by atoms with E-state index < -0.39 is 0 Å². The molecule has 0 atom stereocenters. The first-order valence-electron chi connectivity index (χ1n) is 4.45. The van der Waals surface area contributed by atoms with E-state index in [1.165, 1.54) is 0 Å². The molecule has 0 N–H and O–H groups in total. The first-order valence-corrected chi connectivity index (χ1v) is 4.45. The third kappa shape index (κ3) is 0.865. The molecule has 0 saturated carbocycles. The Bertz CT molecular complexity index is 613. The molecule has 0 spiro atoms. The fourth-order valence-corrected chi connectivity index (χ4v) is 1.72. The van der Waals surface area contributed by atoms with Gasteiger partial charge in [0.1, 0.15) is 5.58 Å². The van der Waals surface area contributed by atoms with Crippen LogP contribution in [0.5, 0.6) is 0 Å². The molecule has 14 heavy (non-hydrogen) atoms. The summed E-state index contributed by atoms with van der Waals surface area (Å²) in [6.45, 7) is 1.98. The summed E-state index contributed by atoms with van der Waals surface area (Å²) in [4.78, 5) is 8.41. The number of hydrogen-bond donors (Lipinski definition) is 0. The number of aromatic nitrogens is 2. The summed E-state index contributed by atoms with van der Waals surface area (Å²) in [6.07, 6.45) is 3.48. The number of nitrogens with zero attached hydrogens (tertiary/aromatic N) is 2. The van der Waals surface area contributed by atoms with Gasteiger partial charge in [0.05, 0.1) is 5.39 Å². The molecule has 0 unspecified atom stereocenters. The topological polar surface area (TPSA) is 38.9 Å². The number of rotatable bonds is 0. The van der Waals surface area contributed by atoms with Gasteiger partial charge < -0.3 is 4.42 Å². The second-order valence-corrected chi connectivity index (χ2v) is 3.23. The lowest BCUT2D eigenvalue weighted by Crippen LogP contribution is -1.79. The van der Waals surface area contributed by atoms with Gasteiger partial charge in [-0.05, 0) is 25.1 Å². The Labute approximate surface area is 80.4 Å². The van der Waals surface area contributed by atoms with Crippen LogP contribution in [0.2, 0.25) is 0 Å². The van der Waals surface area contributed by atoms with Gasteiger partial charge in [0.15, 0.2) is 0 Å². The Hall–Kier alpha value is -1.90. The molecule has 0 amide bonds. The van der Waals surface area contributed by atoms with Crippen molar-refractivity contribution in [1.82, 2.24) is 9.97 Å². The summed E-state index contributed by atoms with van der Waals surface area (Å²) in [5, 5.41) is 2.10. The lowest BCUT2D eigenvalue weighted by molar-refractivity contribution is 0.653. The van der Waals surface area contributed by atoms with Gasteiger partial charge in [-0.2, -0.15) is 0 Å². The van der Waals surface area contributed by atoms with Crippen LogP contribution in [0, 0.1) is 6.92 Å². The van der Waals surface area contributed by atoms with E-state index in [-0.39, 0.29) is 0 Å². The predicted molar refractivity (Wildman–Crippen MR) is 54.0 cm³/mol. The first-order chi connectivity index (χ1) is 6.86. The average Bonchev–Trinajstić information content (AvgIpc) is 2.57. The fourth-order valence-electron chi connectivity index (χ4n) is 1.72. The predicted octanol–water partition coefficient (Wildman–Crippen LogP) is 2.68. The molecule has 0 radical (unpaired) electrons. The van der Waals surface area contributed by atoms with Gasteiger partial charge in [-0.25, -0.2) is 4.98 Å². The van der Waals surface area contributed by atoms with Crippen LogP contribution in [-0.2, 0) is 0 Å². The highest BCUT2D eigenvalue weighted by Gasteiger charge is 2.08. The third-order valence-corrected chi connectivity index (χ3v) is 2.35. The molecule has 3 heterocycles. The van der Waals surface area contributed by atoms with Crippen LogP contribution in [0.4, 0.5) is 0 Å². The van der Waals surface area contributed by atoms with Crippen molar-refractivity contribution in [2.24, 2.45) is 0 Å². The van der Waals surface area contributed by atoms with Gasteiger partial charge >= 0.3 is 0 Å². The molecule has 3 heteroatoms. The second kappa shape index (κ2) is 2.54. The van der Waals surface area contributed by atoms with Crippen molar-refractivity contribution in [3.63, 3.8) is 0 Å². The summed E-state index contributed by atoms with van der Waals surface area (Å²) < 4.78 is 5.58. The van der Waals surface area contributed by atoms with Gasteiger partial charge in [0.2, 0.25) is 5.71 Å². The SMILES string of the molecule is Cc1nccc2oc3ncccc3c12. The lowest BCUT2D eigenvalue weighted by Gasteiger charge is -1.91. The van der Waals surface area contributed by atoms with Gasteiger partial charge in [-0.15, -0.1) is 0 Å². The van der Waals surface area contributed by atoms with E-state index in [9.17, 15) is 0 Å². The summed E-state index contributed by atoms with van der Waals surface area (Å²) in [7, 11) is 0. The molecular weight excluding hydrogens is 176 g/mol. The molecule has 0 aliphatic heterocycles. The van der Waals surface area contributed by atoms with Crippen molar-refractivity contribution in [3.05, 3.63) is 36.3 Å². The van der Waals surface area contributed by atoms with Crippen LogP contribution in [0.1, 0.15) is 5.69 Å². The molecular formula is C11H8N2O. The lowest BCUT2D eigenvalue weighted by atomic mass is 10.2. The molecule has 0 fully saturated rings. The zero-order chi connectivity index (χ0) is 9.54. The van der Waals surface area contributed by atoms with Crippen molar-refractivity contribution in [3.8, 4) is 0 Å². The van der Waals surface area contributed by atoms with Crippen molar-refractivity contribution < 1.29 is 4.42 Å². The van der Waals surface area contributed by atoms with Crippen LogP contribution in [0.25, 0.3) is 22.1 Å². The third-order valence-electron chi connectivity index (χ3n) is 2.35. The molecule has 3 nitrogen and oxygen atoms in total. The van der Waals surface area contributed by atoms with E-state index in [1.807, 2.05) is 25.1 Å². The molecule has 0 bridgehead atoms. The highest BCUT2D eigenvalue weighted by atomic mass is 16.3. The van der Waals surface area contributed by atoms with E-state index in [0.29, 0.717) is 5.71 Å². The highest BCUT2D eigenvalue weighted by Crippen LogP contribution is 2.27. The van der Waals surface area contributed by atoms with Gasteiger partial charge in [0.25, 0.3) is 0 Å². The molecule has 3 aromatic rings. The van der Waals surface area contributed by atoms with Gasteiger partial charge in [-0.1, -0.05) is 0 Å². The van der Waals surface area contributed by atoms with E-state index in [1.54, 1.807) is 12.4 Å². The van der Waals surface area contributed by atoms with E-state index in [4.69, 9.17) is 4.42 Å². The van der Waals surface area contributed by atoms with Crippen LogP contribution in [-0.4, -0.2) is 9.97 Å². The smallest absolute Gasteiger partial charge is 0.227 e. The van der Waals surface area contributed by atoms with E-state index in [2.05, 4.69) is 9.97 Å². The van der Waals surface area contributed by atoms with Gasteiger partial charge in [-0.3, -0.25) is 4.98 Å². The molecule has 0 aliphatic carbocycles. The first kappa shape index (κ1) is 7.50. The zero-order valence-corrected chi connectivity index (χ0v) is 7.69. The van der Waals surface area contributed by atoms with Crippen LogP contribution in [0.3, 0.4) is 0 Å². The van der Waals surface area contributed by atoms with E-state index in [0.717, 1.165) is 22.0 Å². The minimum Gasteiger partial charge on any atom is -0.438 e. The Morgan fingerprint density at radius 3 is 3.00 bits per heavy atom. The van der Waals surface area contributed by atoms with Crippen LogP contribution >= 0.6 is 0 Å². The van der Waals surface area contributed by atoms with E-state index >= 15 is 0 Å². The average molecular weight is 184 g/mol. The Kier molecular flexibility index (Phi) is 1.36. The van der Waals surface area contributed by atoms with Crippen molar-refractivity contribution >= 4 is 22.1 Å². The summed E-state index contributed by atoms with van der Waals surface area (Å²) in [5.74, 6) is 0. The molecule has 3 aromatic heterocycles. The normalized spacial score (nSPS) is 11.2. The summed E-state index contributed by atoms with van der Waals surface area (Å²) in [5.41, 5.74) is 2.51. The van der Waals surface area contributed by atoms with Crippen molar-refractivity contribution in [2.45, 2.75) is 6.92 Å².